The second-order valence-corrected chi connectivity index (χ2v) is 20.6. The van der Waals surface area contributed by atoms with Crippen LogP contribution >= 0.6 is 34.3 Å². The van der Waals surface area contributed by atoms with Crippen molar-refractivity contribution >= 4 is 79.1 Å². The Bertz CT molecular complexity index is 3120. The summed E-state index contributed by atoms with van der Waals surface area (Å²) in [7, 11) is 4.31. The Morgan fingerprint density at radius 2 is 1.11 bits per heavy atom. The lowest BCUT2D eigenvalue weighted by Gasteiger charge is -2.32. The molecule has 2 saturated heterocycles. The van der Waals surface area contributed by atoms with Crippen LogP contribution < -0.4 is 21.3 Å². The van der Waals surface area contributed by atoms with Gasteiger partial charge in [0, 0.05) is 151 Å². The highest BCUT2D eigenvalue weighted by Crippen LogP contribution is 2.32. The topological polar surface area (TPSA) is 147 Å². The predicted octanol–water partition coefficient (Wildman–Crippen LogP) is 11.2. The average Bonchev–Trinajstić information content (AvgIpc) is 4.09. The van der Waals surface area contributed by atoms with Gasteiger partial charge in [0.2, 0.25) is 0 Å². The molecule has 0 bridgehead atoms. The molecular formula is C56H59ClN12O2S2. The van der Waals surface area contributed by atoms with E-state index in [9.17, 15) is 9.59 Å². The van der Waals surface area contributed by atoms with Crippen molar-refractivity contribution in [3.8, 4) is 22.5 Å². The second-order valence-electron chi connectivity index (χ2n) is 18.4. The molecule has 0 atom stereocenters. The average molecular weight is 1030 g/mol. The molecule has 14 nitrogen and oxygen atoms in total. The molecule has 2 aliphatic rings. The third-order valence-corrected chi connectivity index (χ3v) is 14.8. The molecule has 8 aromatic rings. The van der Waals surface area contributed by atoms with Crippen LogP contribution in [-0.4, -0.2) is 118 Å². The molecule has 4 N–H and O–H groups in total. The molecule has 10 rings (SSSR count). The van der Waals surface area contributed by atoms with Crippen molar-refractivity contribution in [2.24, 2.45) is 0 Å². The number of hydrogen-bond donors (Lipinski definition) is 4. The number of rotatable bonds is 14. The number of thiazole rings is 2. The summed E-state index contributed by atoms with van der Waals surface area (Å²) in [5.41, 5.74) is 12.6. The number of likely N-dealkylation sites (N-methyl/N-ethyl adjacent to an activating group) is 2. The van der Waals surface area contributed by atoms with E-state index < -0.39 is 0 Å². The molecule has 0 spiro atoms. The molecular weight excluding hydrogens is 972 g/mol. The number of anilines is 6. The van der Waals surface area contributed by atoms with Gasteiger partial charge in [-0.25, -0.2) is 9.97 Å². The molecule has 6 heterocycles. The minimum absolute atomic E-state index is 0.120. The van der Waals surface area contributed by atoms with E-state index >= 15 is 0 Å². The highest BCUT2D eigenvalue weighted by atomic mass is 35.5. The van der Waals surface area contributed by atoms with Crippen molar-refractivity contribution in [2.45, 2.75) is 26.9 Å². The van der Waals surface area contributed by atoms with E-state index in [0.717, 1.165) is 132 Å². The fourth-order valence-electron chi connectivity index (χ4n) is 8.36. The summed E-state index contributed by atoms with van der Waals surface area (Å²) in [6.45, 7) is 14.3. The van der Waals surface area contributed by atoms with E-state index in [1.165, 1.54) is 16.9 Å². The standard InChI is InChI=1S/C28H29ClN6OS.C28H30N6OS/c1-19-5-8-23(15-25(19)32-28-33-26(18-37-28)21-4-3-9-30-16-21)31-27(36)20-6-7-22(24(29)14-20)17-35-12-10-34(2)11-13-35;1-20-3-8-24(17-25(20)31-28-32-26(19-36-28)22-9-11-29-12-10-22)30-27(35)23-6-4-21(5-7-23)18-34-15-13-33(2)14-16-34/h3-9,14-16,18H,10-13,17H2,1-2H3,(H,31,36)(H,32,33);3-12,17,19H,13-16,18H2,1-2H3,(H,30,35)(H,31,32). The number of aryl methyl sites for hydroxylation is 2. The number of nitrogens with zero attached hydrogens (tertiary/aromatic N) is 8. The van der Waals surface area contributed by atoms with Crippen LogP contribution in [0.1, 0.15) is 43.0 Å². The SMILES string of the molecule is Cc1ccc(NC(=O)c2ccc(CN3CCN(C)CC3)c(Cl)c2)cc1Nc1nc(-c2cccnc2)cs1.Cc1ccc(NC(=O)c2ccc(CN3CCN(C)CC3)cc2)cc1Nc1nc(-c2ccncc2)cs1. The number of aromatic nitrogens is 4. The van der Waals surface area contributed by atoms with E-state index in [0.29, 0.717) is 21.8 Å². The zero-order valence-corrected chi connectivity index (χ0v) is 43.8. The summed E-state index contributed by atoms with van der Waals surface area (Å²) >= 11 is 9.63. The molecule has 0 radical (unpaired) electrons. The van der Waals surface area contributed by atoms with E-state index in [1.807, 2.05) is 110 Å². The van der Waals surface area contributed by atoms with Gasteiger partial charge in [0.05, 0.1) is 11.4 Å². The van der Waals surface area contributed by atoms with Crippen molar-refractivity contribution in [3.63, 3.8) is 0 Å². The zero-order chi connectivity index (χ0) is 50.7. The van der Waals surface area contributed by atoms with Crippen LogP contribution in [0.5, 0.6) is 0 Å². The van der Waals surface area contributed by atoms with Gasteiger partial charge in [-0.2, -0.15) is 0 Å². The number of carbonyl (C=O) groups is 2. The fourth-order valence-corrected chi connectivity index (χ4v) is 10.1. The molecule has 17 heteroatoms. The number of carbonyl (C=O) groups excluding carboxylic acids is 2. The maximum Gasteiger partial charge on any atom is 0.255 e. The number of hydrogen-bond acceptors (Lipinski definition) is 14. The van der Waals surface area contributed by atoms with Crippen LogP contribution in [0.3, 0.4) is 0 Å². The number of piperazine rings is 2. The van der Waals surface area contributed by atoms with Crippen molar-refractivity contribution < 1.29 is 9.59 Å². The first-order chi connectivity index (χ1) is 35.5. The Labute approximate surface area is 440 Å². The lowest BCUT2D eigenvalue weighted by Crippen LogP contribution is -2.43. The third kappa shape index (κ3) is 14.0. The van der Waals surface area contributed by atoms with E-state index in [-0.39, 0.29) is 11.8 Å². The molecule has 0 unspecified atom stereocenters. The number of nitrogens with one attached hydrogen (secondary N) is 4. The smallest absolute Gasteiger partial charge is 0.255 e. The quantitative estimate of drug-likeness (QED) is 0.0822. The van der Waals surface area contributed by atoms with Gasteiger partial charge in [0.1, 0.15) is 0 Å². The van der Waals surface area contributed by atoms with Crippen LogP contribution in [0, 0.1) is 13.8 Å². The van der Waals surface area contributed by atoms with Crippen molar-refractivity contribution in [1.82, 2.24) is 39.5 Å². The maximum absolute atomic E-state index is 13.0. The molecule has 2 amide bonds. The van der Waals surface area contributed by atoms with Gasteiger partial charge in [-0.3, -0.25) is 29.4 Å². The first-order valence-electron chi connectivity index (χ1n) is 24.3. The number of benzene rings is 4. The summed E-state index contributed by atoms with van der Waals surface area (Å²) < 4.78 is 0. The number of halogens is 1. The highest BCUT2D eigenvalue weighted by Gasteiger charge is 2.18. The van der Waals surface area contributed by atoms with Gasteiger partial charge in [-0.05, 0) is 123 Å². The Morgan fingerprint density at radius 1 is 0.575 bits per heavy atom. The van der Waals surface area contributed by atoms with Crippen molar-refractivity contribution in [3.05, 3.63) is 177 Å². The van der Waals surface area contributed by atoms with Gasteiger partial charge < -0.3 is 31.1 Å². The number of pyridine rings is 2. The van der Waals surface area contributed by atoms with Crippen LogP contribution in [0.2, 0.25) is 5.02 Å². The Morgan fingerprint density at radius 3 is 1.66 bits per heavy atom. The zero-order valence-electron chi connectivity index (χ0n) is 41.4. The molecule has 0 aliphatic carbocycles. The van der Waals surface area contributed by atoms with Crippen LogP contribution in [0.4, 0.5) is 33.0 Å². The molecule has 73 heavy (non-hydrogen) atoms. The van der Waals surface area contributed by atoms with Gasteiger partial charge in [-0.1, -0.05) is 41.9 Å². The molecule has 2 aliphatic heterocycles. The molecule has 4 aromatic carbocycles. The predicted molar refractivity (Wildman–Crippen MR) is 299 cm³/mol. The number of amides is 2. The molecule has 0 saturated carbocycles. The molecule has 4 aromatic heterocycles. The Kier molecular flexibility index (Phi) is 16.9. The van der Waals surface area contributed by atoms with E-state index in [1.54, 1.807) is 42.2 Å². The normalized spacial score (nSPS) is 14.5. The van der Waals surface area contributed by atoms with Crippen LogP contribution in [0.25, 0.3) is 22.5 Å². The van der Waals surface area contributed by atoms with Crippen molar-refractivity contribution in [1.29, 1.82) is 0 Å². The highest BCUT2D eigenvalue weighted by molar-refractivity contribution is 7.14. The fraction of sp³-hybridized carbons (Fsp3) is 0.250. The van der Waals surface area contributed by atoms with Gasteiger partial charge in [-0.15, -0.1) is 22.7 Å². The van der Waals surface area contributed by atoms with E-state index in [2.05, 4.69) is 82.0 Å². The maximum atomic E-state index is 13.0. The third-order valence-electron chi connectivity index (χ3n) is 12.9. The van der Waals surface area contributed by atoms with Gasteiger partial charge >= 0.3 is 0 Å². The molecule has 2 fully saturated rings. The Balaban J connectivity index is 0.000000180. The minimum atomic E-state index is -0.198. The van der Waals surface area contributed by atoms with Crippen LogP contribution in [0.15, 0.2) is 139 Å². The summed E-state index contributed by atoms with van der Waals surface area (Å²) in [4.78, 5) is 53.0. The first-order valence-corrected chi connectivity index (χ1v) is 26.4. The largest absolute Gasteiger partial charge is 0.331 e. The van der Waals surface area contributed by atoms with Gasteiger partial charge in [0.15, 0.2) is 10.3 Å². The van der Waals surface area contributed by atoms with Gasteiger partial charge in [0.25, 0.3) is 11.8 Å². The summed E-state index contributed by atoms with van der Waals surface area (Å²) in [5, 5.41) is 19.0. The molecule has 374 valence electrons. The summed E-state index contributed by atoms with van der Waals surface area (Å²) in [5.74, 6) is -0.318. The lowest BCUT2D eigenvalue weighted by atomic mass is 10.1. The summed E-state index contributed by atoms with van der Waals surface area (Å²) in [6, 6.07) is 32.9. The van der Waals surface area contributed by atoms with Crippen LogP contribution in [-0.2, 0) is 13.1 Å². The summed E-state index contributed by atoms with van der Waals surface area (Å²) in [6.07, 6.45) is 7.07. The first kappa shape index (κ1) is 51.0. The lowest BCUT2D eigenvalue weighted by molar-refractivity contribution is 0.101. The van der Waals surface area contributed by atoms with Crippen molar-refractivity contribution in [2.75, 3.05) is 87.7 Å². The monoisotopic (exact) mass is 1030 g/mol. The van der Waals surface area contributed by atoms with E-state index in [4.69, 9.17) is 16.6 Å². The Hall–Kier alpha value is -6.89. The second kappa shape index (κ2) is 24.2. The minimum Gasteiger partial charge on any atom is -0.331 e.